The summed E-state index contributed by atoms with van der Waals surface area (Å²) in [6.45, 7) is -0.363. The van der Waals surface area contributed by atoms with Crippen LogP contribution < -0.4 is 5.32 Å². The summed E-state index contributed by atoms with van der Waals surface area (Å²) >= 11 is 0. The predicted molar refractivity (Wildman–Crippen MR) is 87.5 cm³/mol. The second-order valence-electron chi connectivity index (χ2n) is 5.16. The van der Waals surface area contributed by atoms with Crippen molar-refractivity contribution in [3.05, 3.63) is 65.7 Å². The van der Waals surface area contributed by atoms with Crippen LogP contribution in [0.2, 0.25) is 0 Å². The van der Waals surface area contributed by atoms with E-state index in [2.05, 4.69) is 9.84 Å². The number of phenols is 1. The quantitative estimate of drug-likeness (QED) is 0.566. The van der Waals surface area contributed by atoms with Crippen molar-refractivity contribution in [1.82, 2.24) is 5.32 Å². The van der Waals surface area contributed by atoms with Crippen molar-refractivity contribution < 1.29 is 28.8 Å². The Bertz CT molecular complexity index is 730. The van der Waals surface area contributed by atoms with Crippen LogP contribution in [0.5, 0.6) is 5.75 Å². The van der Waals surface area contributed by atoms with Gasteiger partial charge in [0.05, 0.1) is 18.2 Å². The monoisotopic (exact) mass is 351 g/mol. The van der Waals surface area contributed by atoms with E-state index in [0.717, 1.165) is 5.56 Å². The van der Waals surface area contributed by atoms with Gasteiger partial charge in [-0.1, -0.05) is 42.5 Å². The van der Waals surface area contributed by atoms with Crippen LogP contribution in [0, 0.1) is 0 Å². The van der Waals surface area contributed by atoms with Gasteiger partial charge in [0.2, 0.25) is 0 Å². The van der Waals surface area contributed by atoms with Crippen LogP contribution in [0.3, 0.4) is 0 Å². The second-order valence-corrected chi connectivity index (χ2v) is 6.40. The van der Waals surface area contributed by atoms with E-state index in [1.807, 2.05) is 30.3 Å². The first-order chi connectivity index (χ1) is 11.3. The van der Waals surface area contributed by atoms with E-state index >= 15 is 0 Å². The van der Waals surface area contributed by atoms with Crippen LogP contribution in [-0.2, 0) is 15.5 Å². The molecule has 0 saturated heterocycles. The van der Waals surface area contributed by atoms with Gasteiger partial charge in [0.15, 0.2) is 0 Å². The summed E-state index contributed by atoms with van der Waals surface area (Å²) in [6, 6.07) is 14.5. The normalized spacial score (nSPS) is 12.6. The third kappa shape index (κ3) is 5.79. The Morgan fingerprint density at radius 3 is 2.33 bits per heavy atom. The maximum Gasteiger partial charge on any atom is 0.469 e. The number of amides is 1. The lowest BCUT2D eigenvalue weighted by Gasteiger charge is -2.19. The first-order valence-electron chi connectivity index (χ1n) is 7.18. The SMILES string of the molecule is O=C(N[C@@H](COP(=O)(O)O)Cc1ccccc1)c1ccccc1O. The number of para-hydroxylation sites is 1. The van der Waals surface area contributed by atoms with E-state index in [4.69, 9.17) is 9.79 Å². The molecule has 0 radical (unpaired) electrons. The zero-order valence-corrected chi connectivity index (χ0v) is 13.6. The number of aromatic hydroxyl groups is 1. The first kappa shape index (κ1) is 18.2. The number of phosphoric acid groups is 1. The number of hydrogen-bond acceptors (Lipinski definition) is 4. The summed E-state index contributed by atoms with van der Waals surface area (Å²) in [7, 11) is -4.65. The Kier molecular flexibility index (Phi) is 6.11. The third-order valence-electron chi connectivity index (χ3n) is 3.25. The molecule has 0 aliphatic rings. The van der Waals surface area contributed by atoms with E-state index in [-0.39, 0.29) is 17.9 Å². The zero-order chi connectivity index (χ0) is 17.6. The molecular weight excluding hydrogens is 333 g/mol. The highest BCUT2D eigenvalue weighted by Gasteiger charge is 2.21. The molecule has 0 unspecified atom stereocenters. The summed E-state index contributed by atoms with van der Waals surface area (Å²) in [5.74, 6) is -0.729. The lowest BCUT2D eigenvalue weighted by Crippen LogP contribution is -2.39. The highest BCUT2D eigenvalue weighted by molar-refractivity contribution is 7.46. The maximum atomic E-state index is 12.3. The van der Waals surface area contributed by atoms with Gasteiger partial charge in [0, 0.05) is 0 Å². The molecule has 0 aliphatic carbocycles. The van der Waals surface area contributed by atoms with Gasteiger partial charge >= 0.3 is 7.82 Å². The fourth-order valence-electron chi connectivity index (χ4n) is 2.17. The average molecular weight is 351 g/mol. The van der Waals surface area contributed by atoms with Gasteiger partial charge in [-0.25, -0.2) is 4.57 Å². The van der Waals surface area contributed by atoms with Crippen molar-refractivity contribution in [3.63, 3.8) is 0 Å². The molecule has 4 N–H and O–H groups in total. The molecule has 0 fully saturated rings. The first-order valence-corrected chi connectivity index (χ1v) is 8.71. The zero-order valence-electron chi connectivity index (χ0n) is 12.7. The third-order valence-corrected chi connectivity index (χ3v) is 3.74. The number of rotatable bonds is 7. The number of carbonyl (C=O) groups excluding carboxylic acids is 1. The van der Waals surface area contributed by atoms with E-state index < -0.39 is 19.8 Å². The molecule has 7 nitrogen and oxygen atoms in total. The minimum atomic E-state index is -4.65. The van der Waals surface area contributed by atoms with Gasteiger partial charge in [-0.2, -0.15) is 0 Å². The minimum absolute atomic E-state index is 0.0757. The van der Waals surface area contributed by atoms with Crippen LogP contribution in [0.1, 0.15) is 15.9 Å². The molecule has 1 amide bonds. The van der Waals surface area contributed by atoms with E-state index in [1.165, 1.54) is 12.1 Å². The van der Waals surface area contributed by atoms with Crippen molar-refractivity contribution in [2.45, 2.75) is 12.5 Å². The predicted octanol–water partition coefficient (Wildman–Crippen LogP) is 1.84. The largest absolute Gasteiger partial charge is 0.507 e. The molecule has 2 aromatic rings. The Labute approximate surface area is 139 Å². The Hall–Kier alpha value is -2.18. The molecule has 0 bridgehead atoms. The van der Waals surface area contributed by atoms with Crippen molar-refractivity contribution in [2.75, 3.05) is 6.61 Å². The van der Waals surface area contributed by atoms with Crippen molar-refractivity contribution in [2.24, 2.45) is 0 Å². The summed E-state index contributed by atoms with van der Waals surface area (Å²) in [5, 5.41) is 12.4. The Morgan fingerprint density at radius 2 is 1.71 bits per heavy atom. The van der Waals surface area contributed by atoms with Crippen LogP contribution in [-0.4, -0.2) is 33.4 Å². The summed E-state index contributed by atoms with van der Waals surface area (Å²) in [5.41, 5.74) is 0.945. The molecule has 0 spiro atoms. The Balaban J connectivity index is 2.11. The molecule has 0 aliphatic heterocycles. The standard InChI is InChI=1S/C16H18NO6P/c18-15-9-5-4-8-14(15)16(19)17-13(11-23-24(20,21)22)10-12-6-2-1-3-7-12/h1-9,13,18H,10-11H2,(H,17,19)(H2,20,21,22)/t13-/m1/s1. The van der Waals surface area contributed by atoms with Gasteiger partial charge in [-0.05, 0) is 24.1 Å². The van der Waals surface area contributed by atoms with Crippen molar-refractivity contribution >= 4 is 13.7 Å². The molecule has 24 heavy (non-hydrogen) atoms. The van der Waals surface area contributed by atoms with Crippen molar-refractivity contribution in [1.29, 1.82) is 0 Å². The molecule has 1 atom stereocenters. The van der Waals surface area contributed by atoms with Gasteiger partial charge in [0.1, 0.15) is 5.75 Å². The molecular formula is C16H18NO6P. The number of carbonyl (C=O) groups is 1. The minimum Gasteiger partial charge on any atom is -0.507 e. The second kappa shape index (κ2) is 8.08. The topological polar surface area (TPSA) is 116 Å². The lowest BCUT2D eigenvalue weighted by molar-refractivity contribution is 0.0906. The molecule has 0 heterocycles. The van der Waals surface area contributed by atoms with Crippen molar-refractivity contribution in [3.8, 4) is 5.75 Å². The van der Waals surface area contributed by atoms with Crippen LogP contribution in [0.15, 0.2) is 54.6 Å². The van der Waals surface area contributed by atoms with Gasteiger partial charge < -0.3 is 20.2 Å². The molecule has 0 saturated carbocycles. The smallest absolute Gasteiger partial charge is 0.469 e. The van der Waals surface area contributed by atoms with Crippen LogP contribution >= 0.6 is 7.82 Å². The molecule has 0 aromatic heterocycles. The van der Waals surface area contributed by atoms with Gasteiger partial charge in [-0.15, -0.1) is 0 Å². The number of phosphoric ester groups is 1. The van der Waals surface area contributed by atoms with E-state index in [0.29, 0.717) is 6.42 Å². The summed E-state index contributed by atoms with van der Waals surface area (Å²) < 4.78 is 15.4. The van der Waals surface area contributed by atoms with Gasteiger partial charge in [-0.3, -0.25) is 9.32 Å². The molecule has 2 aromatic carbocycles. The highest BCUT2D eigenvalue weighted by atomic mass is 31.2. The fraction of sp³-hybridized carbons (Fsp3) is 0.188. The average Bonchev–Trinajstić information content (AvgIpc) is 2.53. The van der Waals surface area contributed by atoms with Gasteiger partial charge in [0.25, 0.3) is 5.91 Å². The van der Waals surface area contributed by atoms with Crippen LogP contribution in [0.25, 0.3) is 0 Å². The fourth-order valence-corrected chi connectivity index (χ4v) is 2.54. The molecule has 128 valence electrons. The lowest BCUT2D eigenvalue weighted by atomic mass is 10.1. The number of phenolic OH excluding ortho intramolecular Hbond substituents is 1. The number of nitrogens with one attached hydrogen (secondary N) is 1. The van der Waals surface area contributed by atoms with Crippen LogP contribution in [0.4, 0.5) is 0 Å². The number of hydrogen-bond donors (Lipinski definition) is 4. The molecule has 2 rings (SSSR count). The Morgan fingerprint density at radius 1 is 1.08 bits per heavy atom. The summed E-state index contributed by atoms with van der Waals surface area (Å²) in [6.07, 6.45) is 0.320. The highest BCUT2D eigenvalue weighted by Crippen LogP contribution is 2.35. The maximum absolute atomic E-state index is 12.3. The number of benzene rings is 2. The van der Waals surface area contributed by atoms with E-state index in [9.17, 15) is 14.5 Å². The van der Waals surface area contributed by atoms with E-state index in [1.54, 1.807) is 12.1 Å². The summed E-state index contributed by atoms with van der Waals surface area (Å²) in [4.78, 5) is 30.0. The molecule has 8 heteroatoms.